The van der Waals surface area contributed by atoms with E-state index in [1.165, 1.54) is 0 Å². The Morgan fingerprint density at radius 1 is 1.08 bits per heavy atom. The Morgan fingerprint density at radius 3 is 2.65 bits per heavy atom. The van der Waals surface area contributed by atoms with Gasteiger partial charge in [0.15, 0.2) is 0 Å². The maximum atomic E-state index is 12.6. The van der Waals surface area contributed by atoms with Crippen molar-refractivity contribution in [2.45, 2.75) is 13.3 Å². The highest BCUT2D eigenvalue weighted by molar-refractivity contribution is 6.26. The number of aliphatic carboxylic acids is 1. The second-order valence-corrected chi connectivity index (χ2v) is 6.89. The topological polar surface area (TPSA) is 64.1 Å². The zero-order valence-corrected chi connectivity index (χ0v) is 14.9. The molecule has 1 saturated heterocycles. The highest BCUT2D eigenvalue weighted by Crippen LogP contribution is 2.41. The molecular weight excluding hydrogens is 330 g/mol. The summed E-state index contributed by atoms with van der Waals surface area (Å²) in [5.74, 6) is -0.698. The average molecular weight is 353 g/mol. The first kappa shape index (κ1) is 16.8. The number of carboxylic acids is 1. The molecule has 2 aromatic carbocycles. The molecule has 2 aromatic rings. The molecule has 136 valence electrons. The van der Waals surface area contributed by atoms with Crippen molar-refractivity contribution in [1.29, 1.82) is 0 Å². The Hall–Kier alpha value is -2.60. The molecule has 6 nitrogen and oxygen atoms in total. The summed E-state index contributed by atoms with van der Waals surface area (Å²) in [7, 11) is 0. The van der Waals surface area contributed by atoms with Crippen LogP contribution in [0.25, 0.3) is 10.8 Å². The van der Waals surface area contributed by atoms with Crippen molar-refractivity contribution < 1.29 is 14.7 Å². The van der Waals surface area contributed by atoms with Crippen LogP contribution in [-0.2, 0) is 4.79 Å². The SMILES string of the molecule is CCN1C(=O)c2cccc3c(N4CCCN(CC(=O)O)CC4)ccc1c23. The molecule has 26 heavy (non-hydrogen) atoms. The van der Waals surface area contributed by atoms with E-state index in [0.717, 1.165) is 60.3 Å². The number of carboxylic acid groups (broad SMARTS) is 1. The molecule has 2 aliphatic rings. The van der Waals surface area contributed by atoms with Crippen molar-refractivity contribution in [3.05, 3.63) is 35.9 Å². The van der Waals surface area contributed by atoms with E-state index in [1.54, 1.807) is 0 Å². The monoisotopic (exact) mass is 353 g/mol. The molecule has 0 saturated carbocycles. The van der Waals surface area contributed by atoms with Crippen molar-refractivity contribution in [3.63, 3.8) is 0 Å². The summed E-state index contributed by atoms with van der Waals surface area (Å²) in [5, 5.41) is 11.2. The van der Waals surface area contributed by atoms with Gasteiger partial charge in [-0.15, -0.1) is 0 Å². The highest BCUT2D eigenvalue weighted by atomic mass is 16.4. The molecule has 1 fully saturated rings. The molecule has 4 rings (SSSR count). The maximum absolute atomic E-state index is 12.6. The predicted molar refractivity (Wildman–Crippen MR) is 102 cm³/mol. The Morgan fingerprint density at radius 2 is 1.88 bits per heavy atom. The molecule has 0 spiro atoms. The molecule has 0 atom stereocenters. The standard InChI is InChI=1S/C20H23N3O3/c1-2-23-17-8-7-16(14-5-3-6-15(19(14)17)20(23)26)22-10-4-9-21(11-12-22)13-18(24)25/h3,5-8H,2,4,9-13H2,1H3,(H,24,25). The van der Waals surface area contributed by atoms with Crippen LogP contribution in [0.1, 0.15) is 23.7 Å². The third-order valence-corrected chi connectivity index (χ3v) is 5.37. The first-order valence-electron chi connectivity index (χ1n) is 9.17. The van der Waals surface area contributed by atoms with Crippen LogP contribution in [0.3, 0.4) is 0 Å². The highest BCUT2D eigenvalue weighted by Gasteiger charge is 2.30. The summed E-state index contributed by atoms with van der Waals surface area (Å²) >= 11 is 0. The zero-order valence-electron chi connectivity index (χ0n) is 14.9. The molecule has 1 N–H and O–H groups in total. The fraction of sp³-hybridized carbons (Fsp3) is 0.400. The lowest BCUT2D eigenvalue weighted by molar-refractivity contribution is -0.138. The number of anilines is 2. The third kappa shape index (κ3) is 2.70. The first-order valence-corrected chi connectivity index (χ1v) is 9.17. The van der Waals surface area contributed by atoms with Gasteiger partial charge in [-0.3, -0.25) is 14.5 Å². The van der Waals surface area contributed by atoms with Gasteiger partial charge in [-0.2, -0.15) is 0 Å². The van der Waals surface area contributed by atoms with E-state index in [9.17, 15) is 9.59 Å². The molecular formula is C20H23N3O3. The van der Waals surface area contributed by atoms with E-state index >= 15 is 0 Å². The lowest BCUT2D eigenvalue weighted by Crippen LogP contribution is -2.34. The van der Waals surface area contributed by atoms with E-state index in [1.807, 2.05) is 28.9 Å². The quantitative estimate of drug-likeness (QED) is 0.915. The second-order valence-electron chi connectivity index (χ2n) is 6.89. The first-order chi connectivity index (χ1) is 12.6. The fourth-order valence-corrected chi connectivity index (χ4v) is 4.18. The zero-order chi connectivity index (χ0) is 18.3. The van der Waals surface area contributed by atoms with Gasteiger partial charge >= 0.3 is 5.97 Å². The van der Waals surface area contributed by atoms with Crippen molar-refractivity contribution in [3.8, 4) is 0 Å². The lowest BCUT2D eigenvalue weighted by atomic mass is 10.0. The number of rotatable bonds is 4. The van der Waals surface area contributed by atoms with Crippen LogP contribution in [0.4, 0.5) is 11.4 Å². The summed E-state index contributed by atoms with van der Waals surface area (Å²) in [6, 6.07) is 10.1. The Kier molecular flexibility index (Phi) is 4.28. The summed E-state index contributed by atoms with van der Waals surface area (Å²) in [5.41, 5.74) is 2.91. The number of amides is 1. The van der Waals surface area contributed by atoms with Gasteiger partial charge in [0.1, 0.15) is 0 Å². The van der Waals surface area contributed by atoms with Crippen molar-refractivity contribution in [1.82, 2.24) is 4.90 Å². The Bertz CT molecular complexity index is 880. The van der Waals surface area contributed by atoms with Gasteiger partial charge in [0.05, 0.1) is 12.2 Å². The van der Waals surface area contributed by atoms with Crippen LogP contribution < -0.4 is 9.80 Å². The molecule has 1 amide bonds. The number of hydrogen-bond donors (Lipinski definition) is 1. The fourth-order valence-electron chi connectivity index (χ4n) is 4.18. The summed E-state index contributed by atoms with van der Waals surface area (Å²) < 4.78 is 0. The van der Waals surface area contributed by atoms with Gasteiger partial charge < -0.3 is 14.9 Å². The van der Waals surface area contributed by atoms with Crippen LogP contribution >= 0.6 is 0 Å². The lowest BCUT2D eigenvalue weighted by Gasteiger charge is -2.25. The van der Waals surface area contributed by atoms with Gasteiger partial charge in [0.2, 0.25) is 0 Å². The Balaban J connectivity index is 1.70. The minimum Gasteiger partial charge on any atom is -0.480 e. The molecule has 0 unspecified atom stereocenters. The number of benzene rings is 2. The normalized spacial score (nSPS) is 17.8. The van der Waals surface area contributed by atoms with Crippen molar-refractivity contribution in [2.24, 2.45) is 0 Å². The molecule has 0 bridgehead atoms. The predicted octanol–water partition coefficient (Wildman–Crippen LogP) is 2.42. The van der Waals surface area contributed by atoms with Gasteiger partial charge in [-0.1, -0.05) is 12.1 Å². The largest absolute Gasteiger partial charge is 0.480 e. The minimum atomic E-state index is -0.776. The number of nitrogens with zero attached hydrogens (tertiary/aromatic N) is 3. The van der Waals surface area contributed by atoms with E-state index in [4.69, 9.17) is 5.11 Å². The summed E-state index contributed by atoms with van der Waals surface area (Å²) in [6.07, 6.45) is 0.927. The van der Waals surface area contributed by atoms with Crippen molar-refractivity contribution >= 4 is 34.0 Å². The molecule has 6 heteroatoms. The van der Waals surface area contributed by atoms with E-state index in [0.29, 0.717) is 6.54 Å². The van der Waals surface area contributed by atoms with Gasteiger partial charge in [-0.25, -0.2) is 0 Å². The molecule has 2 heterocycles. The average Bonchev–Trinajstić information content (AvgIpc) is 2.77. The molecule has 0 aromatic heterocycles. The smallest absolute Gasteiger partial charge is 0.317 e. The van der Waals surface area contributed by atoms with Gasteiger partial charge in [0.25, 0.3) is 5.91 Å². The summed E-state index contributed by atoms with van der Waals surface area (Å²) in [6.45, 7) is 5.96. The number of hydrogen-bond acceptors (Lipinski definition) is 4. The van der Waals surface area contributed by atoms with Gasteiger partial charge in [0, 0.05) is 54.7 Å². The van der Waals surface area contributed by atoms with Crippen LogP contribution in [0.15, 0.2) is 30.3 Å². The number of carbonyl (C=O) groups excluding carboxylic acids is 1. The molecule has 0 radical (unpaired) electrons. The van der Waals surface area contributed by atoms with Crippen LogP contribution in [0, 0.1) is 0 Å². The van der Waals surface area contributed by atoms with E-state index in [-0.39, 0.29) is 12.5 Å². The molecule has 2 aliphatic heterocycles. The Labute approximate surface area is 152 Å². The van der Waals surface area contributed by atoms with Crippen LogP contribution in [-0.4, -0.2) is 61.2 Å². The van der Waals surface area contributed by atoms with Gasteiger partial charge in [-0.05, 0) is 31.5 Å². The second kappa shape index (κ2) is 6.61. The molecule has 0 aliphatic carbocycles. The maximum Gasteiger partial charge on any atom is 0.317 e. The van der Waals surface area contributed by atoms with Crippen LogP contribution in [0.5, 0.6) is 0 Å². The van der Waals surface area contributed by atoms with E-state index in [2.05, 4.69) is 23.1 Å². The summed E-state index contributed by atoms with van der Waals surface area (Å²) in [4.78, 5) is 29.8. The third-order valence-electron chi connectivity index (χ3n) is 5.37. The van der Waals surface area contributed by atoms with Crippen molar-refractivity contribution in [2.75, 3.05) is 49.1 Å². The minimum absolute atomic E-state index is 0.0775. The van der Waals surface area contributed by atoms with Crippen LogP contribution in [0.2, 0.25) is 0 Å². The number of carbonyl (C=O) groups is 2. The van der Waals surface area contributed by atoms with E-state index < -0.39 is 5.97 Å².